The molecule has 0 aromatic carbocycles. The molecule has 156 valence electrons. The molecule has 0 aliphatic heterocycles. The highest BCUT2D eigenvalue weighted by atomic mass is 19.4. The summed E-state index contributed by atoms with van der Waals surface area (Å²) in [7, 11) is 0. The Balaban J connectivity index is 2.33. The molecule has 1 aliphatic rings. The summed E-state index contributed by atoms with van der Waals surface area (Å²) >= 11 is 0. The number of rotatable bonds is 4. The third-order valence-electron chi connectivity index (χ3n) is 3.99. The van der Waals surface area contributed by atoms with E-state index in [-0.39, 0.29) is 34.8 Å². The van der Waals surface area contributed by atoms with E-state index in [1.165, 1.54) is 6.92 Å². The number of amides is 2. The molecule has 0 unspecified atom stereocenters. The van der Waals surface area contributed by atoms with Crippen molar-refractivity contribution in [2.24, 2.45) is 10.9 Å². The molecule has 4 N–H and O–H groups in total. The van der Waals surface area contributed by atoms with Crippen molar-refractivity contribution in [1.29, 1.82) is 0 Å². The molecule has 1 heterocycles. The first-order chi connectivity index (χ1) is 12.8. The summed E-state index contributed by atoms with van der Waals surface area (Å²) < 4.78 is 94.2. The molecule has 0 radical (unpaired) electrons. The van der Waals surface area contributed by atoms with Crippen LogP contribution in [0.1, 0.15) is 40.3 Å². The third-order valence-corrected chi connectivity index (χ3v) is 3.99. The maximum absolute atomic E-state index is 13.3. The molecule has 2 rings (SSSR count). The SMILES string of the molecule is Cc1c(C(=O)NN)oc2c1/C(=N/NC(=O)C(F)(F)C(F)(F)C(F)(F)F)CCC2. The zero-order valence-electron chi connectivity index (χ0n) is 14.0. The van der Waals surface area contributed by atoms with Crippen molar-refractivity contribution in [2.75, 3.05) is 0 Å². The largest absolute Gasteiger partial charge is 0.460 e. The lowest BCUT2D eigenvalue weighted by molar-refractivity contribution is -0.344. The molecule has 0 atom stereocenters. The Kier molecular flexibility index (Phi) is 5.47. The molecular formula is C14H13F7N4O3. The minimum atomic E-state index is -6.65. The maximum atomic E-state index is 13.3. The smallest absolute Gasteiger partial charge is 0.455 e. The molecule has 0 saturated carbocycles. The number of hydrogen-bond donors (Lipinski definition) is 3. The summed E-state index contributed by atoms with van der Waals surface area (Å²) in [5.74, 6) is -11.5. The van der Waals surface area contributed by atoms with Gasteiger partial charge in [-0.25, -0.2) is 11.3 Å². The van der Waals surface area contributed by atoms with Gasteiger partial charge in [0, 0.05) is 17.5 Å². The molecule has 28 heavy (non-hydrogen) atoms. The van der Waals surface area contributed by atoms with Crippen molar-refractivity contribution in [2.45, 2.75) is 44.2 Å². The van der Waals surface area contributed by atoms with Gasteiger partial charge in [-0.3, -0.25) is 15.0 Å². The lowest BCUT2D eigenvalue weighted by atomic mass is 9.93. The first-order valence-electron chi connectivity index (χ1n) is 7.58. The normalized spacial score (nSPS) is 16.7. The molecule has 1 aromatic rings. The number of halogens is 7. The van der Waals surface area contributed by atoms with Gasteiger partial charge in [0.05, 0.1) is 5.71 Å². The van der Waals surface area contributed by atoms with Gasteiger partial charge < -0.3 is 4.42 Å². The van der Waals surface area contributed by atoms with Crippen molar-refractivity contribution in [1.82, 2.24) is 10.9 Å². The molecule has 0 saturated heterocycles. The van der Waals surface area contributed by atoms with E-state index in [0.717, 1.165) is 5.43 Å². The second-order valence-corrected chi connectivity index (χ2v) is 5.83. The summed E-state index contributed by atoms with van der Waals surface area (Å²) in [6, 6.07) is 0. The first kappa shape index (κ1) is 21.7. The minimum Gasteiger partial charge on any atom is -0.455 e. The van der Waals surface area contributed by atoms with Crippen LogP contribution >= 0.6 is 0 Å². The summed E-state index contributed by atoms with van der Waals surface area (Å²) in [5.41, 5.74) is 3.06. The highest BCUT2D eigenvalue weighted by Gasteiger charge is 2.76. The Hall–Kier alpha value is -2.64. The number of fused-ring (bicyclic) bond motifs is 1. The number of carbonyl (C=O) groups is 2. The Morgan fingerprint density at radius 3 is 2.25 bits per heavy atom. The lowest BCUT2D eigenvalue weighted by Crippen LogP contribution is -2.58. The summed E-state index contributed by atoms with van der Waals surface area (Å²) in [6.07, 6.45) is -5.96. The number of alkyl halides is 7. The number of carbonyl (C=O) groups excluding carboxylic acids is 2. The number of nitrogens with zero attached hydrogens (tertiary/aromatic N) is 1. The van der Waals surface area contributed by atoms with Crippen LogP contribution < -0.4 is 16.7 Å². The highest BCUT2D eigenvalue weighted by Crippen LogP contribution is 2.46. The summed E-state index contributed by atoms with van der Waals surface area (Å²) in [6.45, 7) is 1.39. The van der Waals surface area contributed by atoms with Gasteiger partial charge in [-0.15, -0.1) is 0 Å². The maximum Gasteiger partial charge on any atom is 0.460 e. The number of nitrogen functional groups attached to an aromatic ring is 1. The van der Waals surface area contributed by atoms with E-state index in [4.69, 9.17) is 10.3 Å². The third kappa shape index (κ3) is 3.43. The van der Waals surface area contributed by atoms with Gasteiger partial charge in [0.25, 0.3) is 0 Å². The van der Waals surface area contributed by atoms with Gasteiger partial charge in [0.15, 0.2) is 5.76 Å². The second-order valence-electron chi connectivity index (χ2n) is 5.83. The fourth-order valence-electron chi connectivity index (χ4n) is 2.57. The predicted octanol–water partition coefficient (Wildman–Crippen LogP) is 2.18. The van der Waals surface area contributed by atoms with E-state index in [2.05, 4.69) is 5.10 Å². The summed E-state index contributed by atoms with van der Waals surface area (Å²) in [5, 5.41) is 3.26. The number of furan rings is 1. The van der Waals surface area contributed by atoms with Crippen LogP contribution in [0, 0.1) is 6.92 Å². The van der Waals surface area contributed by atoms with E-state index >= 15 is 0 Å². The lowest BCUT2D eigenvalue weighted by Gasteiger charge is -2.26. The van der Waals surface area contributed by atoms with Gasteiger partial charge in [0.1, 0.15) is 5.76 Å². The fourth-order valence-corrected chi connectivity index (χ4v) is 2.57. The van der Waals surface area contributed by atoms with Gasteiger partial charge in [-0.1, -0.05) is 0 Å². The van der Waals surface area contributed by atoms with Crippen molar-refractivity contribution < 1.29 is 44.7 Å². The van der Waals surface area contributed by atoms with Crippen LogP contribution in [-0.4, -0.2) is 35.5 Å². The van der Waals surface area contributed by atoms with Gasteiger partial charge in [-0.2, -0.15) is 35.8 Å². The van der Waals surface area contributed by atoms with Gasteiger partial charge in [-0.05, 0) is 19.8 Å². The van der Waals surface area contributed by atoms with E-state index < -0.39 is 29.8 Å². The second kappa shape index (κ2) is 7.07. The van der Waals surface area contributed by atoms with Crippen LogP contribution in [0.15, 0.2) is 9.52 Å². The molecule has 14 heteroatoms. The Morgan fingerprint density at radius 1 is 1.11 bits per heavy atom. The number of hydrazone groups is 1. The zero-order valence-corrected chi connectivity index (χ0v) is 14.0. The van der Waals surface area contributed by atoms with Crippen LogP contribution in [-0.2, 0) is 11.2 Å². The van der Waals surface area contributed by atoms with Crippen LogP contribution in [0.2, 0.25) is 0 Å². The Morgan fingerprint density at radius 2 is 1.71 bits per heavy atom. The first-order valence-corrected chi connectivity index (χ1v) is 7.58. The number of nitrogens with one attached hydrogen (secondary N) is 2. The monoisotopic (exact) mass is 418 g/mol. The fraction of sp³-hybridized carbons (Fsp3) is 0.500. The number of hydrogen-bond acceptors (Lipinski definition) is 5. The van der Waals surface area contributed by atoms with Crippen molar-refractivity contribution >= 4 is 17.5 Å². The van der Waals surface area contributed by atoms with Crippen LogP contribution in [0.25, 0.3) is 0 Å². The average molecular weight is 418 g/mol. The van der Waals surface area contributed by atoms with Crippen LogP contribution in [0.4, 0.5) is 30.7 Å². The minimum absolute atomic E-state index is 0.0541. The Bertz CT molecular complexity index is 830. The van der Waals surface area contributed by atoms with Crippen molar-refractivity contribution in [3.63, 3.8) is 0 Å². The van der Waals surface area contributed by atoms with E-state index in [1.807, 2.05) is 5.43 Å². The van der Waals surface area contributed by atoms with Gasteiger partial charge >= 0.3 is 29.8 Å². The van der Waals surface area contributed by atoms with Gasteiger partial charge in [0.2, 0.25) is 0 Å². The molecule has 0 spiro atoms. The summed E-state index contributed by atoms with van der Waals surface area (Å²) in [4.78, 5) is 22.9. The molecule has 1 aliphatic carbocycles. The molecule has 1 aromatic heterocycles. The number of hydrazine groups is 1. The molecule has 7 nitrogen and oxygen atoms in total. The Labute approximate surface area is 152 Å². The van der Waals surface area contributed by atoms with Crippen LogP contribution in [0.3, 0.4) is 0 Å². The molecule has 2 amide bonds. The van der Waals surface area contributed by atoms with Crippen molar-refractivity contribution in [3.05, 3.63) is 22.6 Å². The van der Waals surface area contributed by atoms with E-state index in [9.17, 15) is 40.3 Å². The number of aryl methyl sites for hydroxylation is 1. The van der Waals surface area contributed by atoms with Crippen molar-refractivity contribution in [3.8, 4) is 0 Å². The number of nitrogens with two attached hydrogens (primary N) is 1. The van der Waals surface area contributed by atoms with E-state index in [1.54, 1.807) is 0 Å². The predicted molar refractivity (Wildman–Crippen MR) is 78.7 cm³/mol. The highest BCUT2D eigenvalue weighted by molar-refractivity contribution is 6.06. The molecule has 0 bridgehead atoms. The topological polar surface area (TPSA) is 110 Å². The van der Waals surface area contributed by atoms with E-state index in [0.29, 0.717) is 12.8 Å². The molecular weight excluding hydrogens is 405 g/mol. The zero-order chi connectivity index (χ0) is 21.5. The van der Waals surface area contributed by atoms with Crippen LogP contribution in [0.5, 0.6) is 0 Å². The average Bonchev–Trinajstić information content (AvgIpc) is 2.95. The standard InChI is InChI=1S/C14H13F7N4O3/c1-5-8-6(3-2-4-7(8)28-9(5)10(26)23-22)24-25-11(27)12(15,16)13(17,18)14(19,20)21/h2-4,22H2,1H3,(H,23,26)(H,25,27)/b24-6+. The molecule has 0 fully saturated rings. The quantitative estimate of drug-likeness (QED) is 0.301.